The largest absolute Gasteiger partial charge is 0.484 e. The van der Waals surface area contributed by atoms with Gasteiger partial charge in [0, 0.05) is 22.8 Å². The number of ether oxygens (including phenoxy) is 1. The Balaban J connectivity index is 1.62. The first-order chi connectivity index (χ1) is 14.3. The van der Waals surface area contributed by atoms with Gasteiger partial charge in [-0.3, -0.25) is 4.79 Å². The minimum Gasteiger partial charge on any atom is -0.484 e. The molecule has 3 rings (SSSR count). The van der Waals surface area contributed by atoms with Gasteiger partial charge < -0.3 is 9.64 Å². The number of hydrazone groups is 1. The summed E-state index contributed by atoms with van der Waals surface area (Å²) in [7, 11) is 0. The second-order valence-corrected chi connectivity index (χ2v) is 8.86. The van der Waals surface area contributed by atoms with Gasteiger partial charge in [-0.05, 0) is 80.1 Å². The molecule has 30 heavy (non-hydrogen) atoms. The minimum atomic E-state index is -0.316. The van der Waals surface area contributed by atoms with Gasteiger partial charge in [0.05, 0.1) is 6.21 Å². The molecule has 2 aromatic rings. The normalized spacial score (nSPS) is 17.6. The Kier molecular flexibility index (Phi) is 7.03. The minimum absolute atomic E-state index is 0.110. The molecular weight excluding hydrogens is 398 g/mol. The Morgan fingerprint density at radius 1 is 1.30 bits per heavy atom. The summed E-state index contributed by atoms with van der Waals surface area (Å²) in [5, 5.41) is 4.71. The fourth-order valence-corrected chi connectivity index (χ4v) is 4.25. The van der Waals surface area contributed by atoms with E-state index in [1.807, 2.05) is 0 Å². The van der Waals surface area contributed by atoms with Crippen LogP contribution in [-0.2, 0) is 4.79 Å². The van der Waals surface area contributed by atoms with Crippen molar-refractivity contribution in [1.82, 2.24) is 5.43 Å². The molecule has 1 atom stereocenters. The van der Waals surface area contributed by atoms with E-state index in [1.165, 1.54) is 11.3 Å². The van der Waals surface area contributed by atoms with Gasteiger partial charge in [0.2, 0.25) is 0 Å². The Morgan fingerprint density at radius 2 is 2.03 bits per heavy atom. The maximum atomic E-state index is 12.0. The number of carbonyl (C=O) groups excluding carboxylic acids is 1. The lowest BCUT2D eigenvalue weighted by Gasteiger charge is -2.47. The fourth-order valence-electron chi connectivity index (χ4n) is 4.13. The Bertz CT molecular complexity index is 909. The maximum absolute atomic E-state index is 12.0. The fraction of sp³-hybridized carbons (Fsp3) is 0.417. The first-order valence-corrected chi connectivity index (χ1v) is 10.8. The standard InChI is InChI=1S/C24H30ClN3O2/c1-5-12-28-22-11-6-18(13-21(22)17(2)14-24(28,3)4)15-26-27-23(29)16-30-20-9-7-19(25)8-10-20/h6-11,13,15,17H,5,12,14,16H2,1-4H3,(H,27,29)/b26-15-. The van der Waals surface area contributed by atoms with Gasteiger partial charge in [0.1, 0.15) is 5.75 Å². The molecule has 0 radical (unpaired) electrons. The Hall–Kier alpha value is -2.53. The molecule has 2 aromatic carbocycles. The average Bonchev–Trinajstić information content (AvgIpc) is 2.70. The summed E-state index contributed by atoms with van der Waals surface area (Å²) in [6.07, 6.45) is 3.90. The number of fused-ring (bicyclic) bond motifs is 1. The smallest absolute Gasteiger partial charge is 0.277 e. The lowest BCUT2D eigenvalue weighted by molar-refractivity contribution is -0.123. The first-order valence-electron chi connectivity index (χ1n) is 10.4. The van der Waals surface area contributed by atoms with Gasteiger partial charge in [-0.1, -0.05) is 31.5 Å². The summed E-state index contributed by atoms with van der Waals surface area (Å²) in [5.74, 6) is 0.740. The monoisotopic (exact) mass is 427 g/mol. The molecular formula is C24H30ClN3O2. The topological polar surface area (TPSA) is 53.9 Å². The Labute approximate surface area is 184 Å². The van der Waals surface area contributed by atoms with Crippen LogP contribution in [0.15, 0.2) is 47.6 Å². The molecule has 0 aliphatic carbocycles. The SMILES string of the molecule is CCCN1c2ccc(/C=N\NC(=O)COc3ccc(Cl)cc3)cc2C(C)CC1(C)C. The third-order valence-electron chi connectivity index (χ3n) is 5.44. The molecule has 1 N–H and O–H groups in total. The van der Waals surface area contributed by atoms with Crippen LogP contribution >= 0.6 is 11.6 Å². The summed E-state index contributed by atoms with van der Waals surface area (Å²) in [5.41, 5.74) is 6.27. The Morgan fingerprint density at radius 3 is 2.73 bits per heavy atom. The van der Waals surface area contributed by atoms with Crippen molar-refractivity contribution in [2.75, 3.05) is 18.1 Å². The summed E-state index contributed by atoms with van der Waals surface area (Å²) < 4.78 is 5.42. The number of rotatable bonds is 7. The molecule has 1 aliphatic rings. The van der Waals surface area contributed by atoms with E-state index in [4.69, 9.17) is 16.3 Å². The zero-order valence-electron chi connectivity index (χ0n) is 18.1. The van der Waals surface area contributed by atoms with E-state index in [0.717, 1.165) is 24.9 Å². The van der Waals surface area contributed by atoms with Gasteiger partial charge in [0.25, 0.3) is 5.91 Å². The third kappa shape index (κ3) is 5.33. The van der Waals surface area contributed by atoms with Crippen LogP contribution in [0.5, 0.6) is 5.75 Å². The number of hydrogen-bond donors (Lipinski definition) is 1. The predicted octanol–water partition coefficient (Wildman–Crippen LogP) is 5.37. The molecule has 0 fully saturated rings. The molecule has 6 heteroatoms. The molecule has 0 spiro atoms. The van der Waals surface area contributed by atoms with Crippen molar-refractivity contribution >= 4 is 29.4 Å². The number of halogens is 1. The van der Waals surface area contributed by atoms with E-state index in [0.29, 0.717) is 16.7 Å². The van der Waals surface area contributed by atoms with E-state index in [9.17, 15) is 4.79 Å². The summed E-state index contributed by atoms with van der Waals surface area (Å²) in [4.78, 5) is 14.5. The van der Waals surface area contributed by atoms with Crippen molar-refractivity contribution in [3.8, 4) is 5.75 Å². The number of benzene rings is 2. The van der Waals surface area contributed by atoms with Crippen LogP contribution < -0.4 is 15.1 Å². The quantitative estimate of drug-likeness (QED) is 0.477. The molecule has 1 unspecified atom stereocenters. The van der Waals surface area contributed by atoms with Crippen molar-refractivity contribution in [2.45, 2.75) is 52.0 Å². The van der Waals surface area contributed by atoms with Crippen molar-refractivity contribution in [2.24, 2.45) is 5.10 Å². The van der Waals surface area contributed by atoms with E-state index in [-0.39, 0.29) is 18.1 Å². The number of carbonyl (C=O) groups is 1. The number of anilines is 1. The van der Waals surface area contributed by atoms with Gasteiger partial charge in [-0.15, -0.1) is 0 Å². The summed E-state index contributed by atoms with van der Waals surface area (Å²) >= 11 is 5.84. The molecule has 0 saturated carbocycles. The van der Waals surface area contributed by atoms with E-state index in [1.54, 1.807) is 30.5 Å². The maximum Gasteiger partial charge on any atom is 0.277 e. The van der Waals surface area contributed by atoms with Crippen LogP contribution in [0, 0.1) is 0 Å². The van der Waals surface area contributed by atoms with Gasteiger partial charge in [0.15, 0.2) is 6.61 Å². The zero-order chi connectivity index (χ0) is 21.7. The summed E-state index contributed by atoms with van der Waals surface area (Å²) in [6, 6.07) is 13.3. The number of amides is 1. The number of nitrogens with one attached hydrogen (secondary N) is 1. The van der Waals surface area contributed by atoms with Crippen molar-refractivity contribution in [3.05, 3.63) is 58.6 Å². The van der Waals surface area contributed by atoms with Crippen molar-refractivity contribution in [1.29, 1.82) is 0 Å². The molecule has 0 saturated heterocycles. The highest BCUT2D eigenvalue weighted by Crippen LogP contribution is 2.43. The predicted molar refractivity (Wildman–Crippen MR) is 124 cm³/mol. The van der Waals surface area contributed by atoms with Crippen LogP contribution in [-0.4, -0.2) is 30.8 Å². The lowest BCUT2D eigenvalue weighted by atomic mass is 9.79. The van der Waals surface area contributed by atoms with E-state index in [2.05, 4.69) is 61.3 Å². The molecule has 160 valence electrons. The first kappa shape index (κ1) is 22.2. The van der Waals surface area contributed by atoms with E-state index >= 15 is 0 Å². The third-order valence-corrected chi connectivity index (χ3v) is 5.70. The van der Waals surface area contributed by atoms with Crippen molar-refractivity contribution < 1.29 is 9.53 Å². The van der Waals surface area contributed by atoms with Gasteiger partial charge in [-0.25, -0.2) is 5.43 Å². The highest BCUT2D eigenvalue weighted by atomic mass is 35.5. The number of hydrogen-bond acceptors (Lipinski definition) is 4. The van der Waals surface area contributed by atoms with Crippen molar-refractivity contribution in [3.63, 3.8) is 0 Å². The number of nitrogens with zero attached hydrogens (tertiary/aromatic N) is 2. The molecule has 0 bridgehead atoms. The lowest BCUT2D eigenvalue weighted by Crippen LogP contribution is -2.48. The summed E-state index contributed by atoms with van der Waals surface area (Å²) in [6.45, 7) is 10.1. The van der Waals surface area contributed by atoms with Crippen LogP contribution in [0.3, 0.4) is 0 Å². The second kappa shape index (κ2) is 9.52. The highest BCUT2D eigenvalue weighted by Gasteiger charge is 2.35. The van der Waals surface area contributed by atoms with Gasteiger partial charge >= 0.3 is 0 Å². The highest BCUT2D eigenvalue weighted by molar-refractivity contribution is 6.30. The van der Waals surface area contributed by atoms with Crippen LogP contribution in [0.4, 0.5) is 5.69 Å². The molecule has 1 heterocycles. The molecule has 5 nitrogen and oxygen atoms in total. The molecule has 1 aliphatic heterocycles. The van der Waals surface area contributed by atoms with Crippen LogP contribution in [0.1, 0.15) is 57.6 Å². The molecule has 1 amide bonds. The van der Waals surface area contributed by atoms with Gasteiger partial charge in [-0.2, -0.15) is 5.10 Å². The van der Waals surface area contributed by atoms with Crippen LogP contribution in [0.25, 0.3) is 0 Å². The van der Waals surface area contributed by atoms with Crippen LogP contribution in [0.2, 0.25) is 5.02 Å². The molecule has 0 aromatic heterocycles. The average molecular weight is 428 g/mol. The van der Waals surface area contributed by atoms with E-state index < -0.39 is 0 Å². The second-order valence-electron chi connectivity index (χ2n) is 8.42. The zero-order valence-corrected chi connectivity index (χ0v) is 18.9.